The lowest BCUT2D eigenvalue weighted by atomic mass is 9.98. The Labute approximate surface area is 227 Å². The normalized spacial score (nSPS) is 12.2. The average Bonchev–Trinajstić information content (AvgIpc) is 3.28. The van der Waals surface area contributed by atoms with Crippen LogP contribution in [0.15, 0.2) is 60.7 Å². The van der Waals surface area contributed by atoms with E-state index in [1.165, 1.54) is 34.4 Å². The highest BCUT2D eigenvalue weighted by Gasteiger charge is 2.25. The summed E-state index contributed by atoms with van der Waals surface area (Å²) in [4.78, 5) is 22.5. The Balaban J connectivity index is 1.16. The van der Waals surface area contributed by atoms with Crippen molar-refractivity contribution < 1.29 is 32.1 Å². The fraction of sp³-hybridized carbons (Fsp3) is 0.406. The number of aryl methyl sites for hydroxylation is 2. The van der Waals surface area contributed by atoms with Crippen molar-refractivity contribution in [1.29, 1.82) is 0 Å². The molecule has 3 aromatic rings. The number of alkyl halides is 3. The second kappa shape index (κ2) is 13.6. The van der Waals surface area contributed by atoms with Crippen molar-refractivity contribution in [1.82, 2.24) is 0 Å². The van der Waals surface area contributed by atoms with E-state index in [-0.39, 0.29) is 18.6 Å². The van der Waals surface area contributed by atoms with E-state index in [1.807, 2.05) is 24.3 Å². The summed E-state index contributed by atoms with van der Waals surface area (Å²) in [5.41, 5.74) is 6.82. The number of unbranched alkanes of at least 4 members (excludes halogenated alkanes) is 6. The first-order valence-electron chi connectivity index (χ1n) is 13.7. The molecule has 7 heteroatoms. The summed E-state index contributed by atoms with van der Waals surface area (Å²) in [7, 11) is 0. The van der Waals surface area contributed by atoms with Crippen LogP contribution in [0.2, 0.25) is 0 Å². The van der Waals surface area contributed by atoms with Crippen molar-refractivity contribution >= 4 is 5.97 Å². The molecule has 0 fully saturated rings. The fourth-order valence-electron chi connectivity index (χ4n) is 5.18. The SMILES string of the molecule is O=C(CCc1cccc2c1Cc1ccccc1-2)OOc1cc(F)cc(CCCCCCCCCC(F)(F)F)c1. The second-order valence-corrected chi connectivity index (χ2v) is 10.2. The molecule has 0 aromatic heterocycles. The topological polar surface area (TPSA) is 35.5 Å². The molecule has 3 aromatic carbocycles. The molecule has 1 aliphatic carbocycles. The van der Waals surface area contributed by atoms with Crippen LogP contribution >= 0.6 is 0 Å². The monoisotopic (exact) mass is 542 g/mol. The van der Waals surface area contributed by atoms with Gasteiger partial charge in [0.1, 0.15) is 5.82 Å². The lowest BCUT2D eigenvalue weighted by molar-refractivity contribution is -0.213. The summed E-state index contributed by atoms with van der Waals surface area (Å²) in [5, 5.41) is 0. The molecule has 0 spiro atoms. The number of rotatable bonds is 14. The Morgan fingerprint density at radius 3 is 2.31 bits per heavy atom. The van der Waals surface area contributed by atoms with Gasteiger partial charge in [0.25, 0.3) is 0 Å². The number of halogens is 4. The van der Waals surface area contributed by atoms with Crippen molar-refractivity contribution in [2.45, 2.75) is 83.2 Å². The van der Waals surface area contributed by atoms with E-state index < -0.39 is 24.4 Å². The predicted molar refractivity (Wildman–Crippen MR) is 143 cm³/mol. The molecule has 0 amide bonds. The third-order valence-corrected chi connectivity index (χ3v) is 7.13. The zero-order chi connectivity index (χ0) is 27.7. The van der Waals surface area contributed by atoms with Crippen molar-refractivity contribution in [2.24, 2.45) is 0 Å². The number of carbonyl (C=O) groups is 1. The van der Waals surface area contributed by atoms with Gasteiger partial charge in [-0.3, -0.25) is 9.78 Å². The maximum atomic E-state index is 14.1. The number of hydrogen-bond acceptors (Lipinski definition) is 3. The third kappa shape index (κ3) is 8.84. The van der Waals surface area contributed by atoms with Crippen LogP contribution in [0.5, 0.6) is 5.75 Å². The van der Waals surface area contributed by atoms with Gasteiger partial charge in [0, 0.05) is 12.5 Å². The predicted octanol–water partition coefficient (Wildman–Crippen LogP) is 9.09. The number of fused-ring (bicyclic) bond motifs is 3. The molecule has 0 saturated heterocycles. The molecule has 0 aliphatic heterocycles. The standard InChI is InChI=1S/C32H34F4O3/c33-26-19-23(11-6-4-2-1-3-5-9-18-32(34,35)36)20-27(22-26)38-39-31(37)17-16-24-13-10-15-29-28-14-8-7-12-25(28)21-30(24)29/h7-8,10,12-15,19-20,22H,1-6,9,11,16-18,21H2. The van der Waals surface area contributed by atoms with E-state index >= 15 is 0 Å². The average molecular weight is 543 g/mol. The van der Waals surface area contributed by atoms with Crippen LogP contribution in [0.3, 0.4) is 0 Å². The summed E-state index contributed by atoms with van der Waals surface area (Å²) < 4.78 is 50.6. The van der Waals surface area contributed by atoms with Crippen molar-refractivity contribution in [3.63, 3.8) is 0 Å². The van der Waals surface area contributed by atoms with Crippen LogP contribution in [-0.2, 0) is 28.9 Å². The molecule has 1 aliphatic rings. The minimum Gasteiger partial charge on any atom is -0.287 e. The van der Waals surface area contributed by atoms with Gasteiger partial charge in [-0.2, -0.15) is 13.2 Å². The van der Waals surface area contributed by atoms with E-state index in [4.69, 9.17) is 9.78 Å². The Morgan fingerprint density at radius 2 is 1.51 bits per heavy atom. The van der Waals surface area contributed by atoms with Crippen LogP contribution in [0.1, 0.15) is 80.0 Å². The molecule has 208 valence electrons. The van der Waals surface area contributed by atoms with E-state index in [0.29, 0.717) is 19.3 Å². The summed E-state index contributed by atoms with van der Waals surface area (Å²) in [6, 6.07) is 18.7. The molecule has 0 heterocycles. The zero-order valence-corrected chi connectivity index (χ0v) is 22.0. The minimum atomic E-state index is -4.07. The van der Waals surface area contributed by atoms with Crippen LogP contribution < -0.4 is 4.89 Å². The highest BCUT2D eigenvalue weighted by atomic mass is 19.4. The lowest BCUT2D eigenvalue weighted by Crippen LogP contribution is -2.10. The summed E-state index contributed by atoms with van der Waals surface area (Å²) in [5.74, 6) is -0.856. The molecule has 0 N–H and O–H groups in total. The molecular weight excluding hydrogens is 508 g/mol. The van der Waals surface area contributed by atoms with E-state index in [1.54, 1.807) is 6.07 Å². The van der Waals surface area contributed by atoms with Gasteiger partial charge in [0.2, 0.25) is 0 Å². The molecule has 3 nitrogen and oxygen atoms in total. The van der Waals surface area contributed by atoms with Crippen LogP contribution in [0.4, 0.5) is 17.6 Å². The van der Waals surface area contributed by atoms with Gasteiger partial charge in [-0.15, -0.1) is 0 Å². The maximum absolute atomic E-state index is 14.1. The molecule has 39 heavy (non-hydrogen) atoms. The number of carbonyl (C=O) groups excluding carboxylic acids is 1. The van der Waals surface area contributed by atoms with E-state index in [0.717, 1.165) is 49.7 Å². The van der Waals surface area contributed by atoms with Gasteiger partial charge < -0.3 is 0 Å². The second-order valence-electron chi connectivity index (χ2n) is 10.2. The third-order valence-electron chi connectivity index (χ3n) is 7.13. The van der Waals surface area contributed by atoms with Crippen molar-refractivity contribution in [3.05, 3.63) is 88.7 Å². The zero-order valence-electron chi connectivity index (χ0n) is 22.0. The molecule has 0 saturated carbocycles. The Bertz CT molecular complexity index is 1250. The molecule has 0 unspecified atom stereocenters. The van der Waals surface area contributed by atoms with Gasteiger partial charge in [-0.25, -0.2) is 9.18 Å². The van der Waals surface area contributed by atoms with E-state index in [9.17, 15) is 22.4 Å². The van der Waals surface area contributed by atoms with Gasteiger partial charge in [-0.1, -0.05) is 74.6 Å². The minimum absolute atomic E-state index is 0.138. The largest absolute Gasteiger partial charge is 0.389 e. The summed E-state index contributed by atoms with van der Waals surface area (Å²) in [6.45, 7) is 0. The molecule has 4 rings (SSSR count). The smallest absolute Gasteiger partial charge is 0.287 e. The quantitative estimate of drug-likeness (QED) is 0.0690. The highest BCUT2D eigenvalue weighted by Crippen LogP contribution is 2.38. The van der Waals surface area contributed by atoms with Crippen molar-refractivity contribution in [3.8, 4) is 16.9 Å². The summed E-state index contributed by atoms with van der Waals surface area (Å²) in [6.07, 6.45) is 2.50. The highest BCUT2D eigenvalue weighted by molar-refractivity contribution is 5.78. The first-order chi connectivity index (χ1) is 18.8. The molecule has 0 radical (unpaired) electrons. The van der Waals surface area contributed by atoms with E-state index in [2.05, 4.69) is 18.2 Å². The first kappa shape index (κ1) is 28.7. The lowest BCUT2D eigenvalue weighted by Gasteiger charge is -2.09. The van der Waals surface area contributed by atoms with Crippen LogP contribution in [0, 0.1) is 5.82 Å². The number of benzene rings is 3. The fourth-order valence-corrected chi connectivity index (χ4v) is 5.18. The molecular formula is C32H34F4O3. The van der Waals surface area contributed by atoms with Crippen LogP contribution in [0.25, 0.3) is 11.1 Å². The van der Waals surface area contributed by atoms with Gasteiger partial charge in [0.15, 0.2) is 5.75 Å². The van der Waals surface area contributed by atoms with Gasteiger partial charge >= 0.3 is 12.1 Å². The van der Waals surface area contributed by atoms with Crippen molar-refractivity contribution in [2.75, 3.05) is 0 Å². The number of hydrogen-bond donors (Lipinski definition) is 0. The van der Waals surface area contributed by atoms with Crippen LogP contribution in [-0.4, -0.2) is 12.1 Å². The Hall–Kier alpha value is -3.35. The maximum Gasteiger partial charge on any atom is 0.389 e. The van der Waals surface area contributed by atoms with Gasteiger partial charge in [0.05, 0.1) is 6.42 Å². The first-order valence-corrected chi connectivity index (χ1v) is 13.7. The molecule has 0 bridgehead atoms. The Kier molecular flexibility index (Phi) is 10.0. The molecule has 0 atom stereocenters. The van der Waals surface area contributed by atoms with Gasteiger partial charge in [-0.05, 0) is 77.6 Å². The Morgan fingerprint density at radius 1 is 0.795 bits per heavy atom. The summed E-state index contributed by atoms with van der Waals surface area (Å²) >= 11 is 0.